The first-order valence-electron chi connectivity index (χ1n) is 6.72. The number of rotatable bonds is 4. The van der Waals surface area contributed by atoms with Crippen molar-refractivity contribution >= 4 is 27.0 Å². The van der Waals surface area contributed by atoms with Gasteiger partial charge in [-0.3, -0.25) is 0 Å². The predicted octanol–water partition coefficient (Wildman–Crippen LogP) is 7.04. The third-order valence-electron chi connectivity index (χ3n) is 2.68. The van der Waals surface area contributed by atoms with Crippen molar-refractivity contribution in [1.29, 1.82) is 0 Å². The molecule has 4 heteroatoms. The summed E-state index contributed by atoms with van der Waals surface area (Å²) in [6, 6.07) is 0. The van der Waals surface area contributed by atoms with Crippen LogP contribution in [0.2, 0.25) is 0 Å². The topological polar surface area (TPSA) is 0 Å². The van der Waals surface area contributed by atoms with Crippen molar-refractivity contribution in [2.24, 2.45) is 5.92 Å². The van der Waals surface area contributed by atoms with Gasteiger partial charge in [0.25, 0.3) is 0 Å². The Bertz CT molecular complexity index is 226. The van der Waals surface area contributed by atoms with Crippen molar-refractivity contribution in [3.63, 3.8) is 0 Å². The van der Waals surface area contributed by atoms with Crippen LogP contribution in [-0.4, -0.2) is 16.5 Å². The van der Waals surface area contributed by atoms with Gasteiger partial charge < -0.3 is 0 Å². The maximum absolute atomic E-state index is 4.81. The molecule has 0 spiro atoms. The first-order chi connectivity index (χ1) is 8.46. The van der Waals surface area contributed by atoms with Crippen molar-refractivity contribution in [3.05, 3.63) is 12.2 Å². The van der Waals surface area contributed by atoms with Gasteiger partial charge in [-0.1, -0.05) is 75.5 Å². The summed E-state index contributed by atoms with van der Waals surface area (Å²) in [5, 5.41) is 0.908. The average molecular weight is 420 g/mol. The zero-order chi connectivity index (χ0) is 15.7. The van der Waals surface area contributed by atoms with Gasteiger partial charge >= 0.3 is 35.0 Å². The van der Waals surface area contributed by atoms with Crippen LogP contribution in [0.1, 0.15) is 61.8 Å². The molecule has 0 saturated heterocycles. The molecule has 19 heavy (non-hydrogen) atoms. The van der Waals surface area contributed by atoms with Gasteiger partial charge in [0, 0.05) is 0 Å². The molecule has 120 valence electrons. The van der Waals surface area contributed by atoms with Gasteiger partial charge in [-0.2, -0.15) is 0 Å². The Balaban J connectivity index is 0. The standard InChI is InChI=1S/C15H31P.2ClH.Pd/c1-13(2)11-9-10-12-16(14(3,4)5)15(6,7)8;;;/h9-10,13H,11-12H2,1-8H3;2*1H;/q;;;+2/p-2. The summed E-state index contributed by atoms with van der Waals surface area (Å²) in [7, 11) is 9.67. The zero-order valence-electron chi connectivity index (χ0n) is 13.7. The summed E-state index contributed by atoms with van der Waals surface area (Å²) in [6.07, 6.45) is 7.28. The molecule has 0 aromatic rings. The van der Waals surface area contributed by atoms with Gasteiger partial charge in [-0.15, -0.1) is 0 Å². The summed E-state index contributed by atoms with van der Waals surface area (Å²) < 4.78 is 0. The van der Waals surface area contributed by atoms with Crippen molar-refractivity contribution < 1.29 is 15.9 Å². The number of hydrogen-bond acceptors (Lipinski definition) is 0. The van der Waals surface area contributed by atoms with E-state index in [2.05, 4.69) is 67.5 Å². The fraction of sp³-hybridized carbons (Fsp3) is 0.867. The predicted molar refractivity (Wildman–Crippen MR) is 91.6 cm³/mol. The Labute approximate surface area is 139 Å². The van der Waals surface area contributed by atoms with Crippen molar-refractivity contribution in [2.45, 2.75) is 72.1 Å². The van der Waals surface area contributed by atoms with Gasteiger partial charge in [0.1, 0.15) is 0 Å². The second-order valence-corrected chi connectivity index (χ2v) is 13.4. The van der Waals surface area contributed by atoms with E-state index in [9.17, 15) is 0 Å². The molecule has 0 heterocycles. The van der Waals surface area contributed by atoms with E-state index in [-0.39, 0.29) is 23.9 Å². The minimum absolute atomic E-state index is 0.0396. The van der Waals surface area contributed by atoms with Crippen LogP contribution < -0.4 is 0 Å². The zero-order valence-corrected chi connectivity index (χ0v) is 17.6. The third-order valence-corrected chi connectivity index (χ3v) is 6.50. The minimum atomic E-state index is -0.106. The summed E-state index contributed by atoms with van der Waals surface area (Å²) in [5.74, 6) is 0.784. The fourth-order valence-electron chi connectivity index (χ4n) is 2.10. The van der Waals surface area contributed by atoms with Gasteiger partial charge in [-0.25, -0.2) is 0 Å². The van der Waals surface area contributed by atoms with Gasteiger partial charge in [0.2, 0.25) is 0 Å². The summed E-state index contributed by atoms with van der Waals surface area (Å²) >= 11 is -0.106. The molecule has 0 aliphatic heterocycles. The Morgan fingerprint density at radius 3 is 1.58 bits per heavy atom. The van der Waals surface area contributed by atoms with Crippen LogP contribution in [0.3, 0.4) is 0 Å². The van der Waals surface area contributed by atoms with Gasteiger partial charge in [0.05, 0.1) is 0 Å². The van der Waals surface area contributed by atoms with E-state index in [4.69, 9.17) is 19.1 Å². The monoisotopic (exact) mass is 418 g/mol. The molecule has 0 N–H and O–H groups in total. The molecule has 0 aliphatic rings. The molecule has 0 atom stereocenters. The molecule has 0 fully saturated rings. The normalized spacial score (nSPS) is 13.3. The van der Waals surface area contributed by atoms with Crippen LogP contribution in [0, 0.1) is 5.92 Å². The number of halogens is 2. The molecule has 0 nitrogen and oxygen atoms in total. The number of allylic oxidation sites excluding steroid dienone is 2. The molecule has 0 aromatic heterocycles. The molecule has 0 radical (unpaired) electrons. The van der Waals surface area contributed by atoms with Crippen LogP contribution in [0.25, 0.3) is 0 Å². The van der Waals surface area contributed by atoms with Crippen LogP contribution in [0.5, 0.6) is 0 Å². The van der Waals surface area contributed by atoms with E-state index < -0.39 is 0 Å². The van der Waals surface area contributed by atoms with Crippen molar-refractivity contribution in [3.8, 4) is 0 Å². The second kappa shape index (κ2) is 11.0. The van der Waals surface area contributed by atoms with Crippen LogP contribution in [-0.2, 0) is 15.9 Å². The second-order valence-electron chi connectivity index (χ2n) is 7.10. The van der Waals surface area contributed by atoms with Crippen LogP contribution >= 0.6 is 27.0 Å². The Hall–Kier alpha value is 1.41. The quantitative estimate of drug-likeness (QED) is 0.260. The SMILES string of the molecule is CC(C)CC=CCP(C(C)(C)C)C(C)(C)C.[Cl][Pd][Cl]. The van der Waals surface area contributed by atoms with Crippen LogP contribution in [0.4, 0.5) is 0 Å². The van der Waals surface area contributed by atoms with E-state index in [1.54, 1.807) is 0 Å². The molecule has 0 aromatic carbocycles. The molecular weight excluding hydrogens is 388 g/mol. The first kappa shape index (κ1) is 22.7. The summed E-state index contributed by atoms with van der Waals surface area (Å²) in [4.78, 5) is 0. The fourth-order valence-corrected chi connectivity index (χ4v) is 5.57. The Kier molecular flexibility index (Phi) is 13.2. The molecule has 0 unspecified atom stereocenters. The van der Waals surface area contributed by atoms with Crippen molar-refractivity contribution in [2.75, 3.05) is 6.16 Å². The third kappa shape index (κ3) is 14.1. The van der Waals surface area contributed by atoms with E-state index in [1.165, 1.54) is 12.6 Å². The van der Waals surface area contributed by atoms with E-state index >= 15 is 0 Å². The summed E-state index contributed by atoms with van der Waals surface area (Å²) in [6.45, 7) is 18.9. The molecule has 0 aliphatic carbocycles. The van der Waals surface area contributed by atoms with E-state index in [1.807, 2.05) is 0 Å². The van der Waals surface area contributed by atoms with Gasteiger partial charge in [-0.05, 0) is 28.8 Å². The van der Waals surface area contributed by atoms with E-state index in [0.29, 0.717) is 10.3 Å². The van der Waals surface area contributed by atoms with Crippen LogP contribution in [0.15, 0.2) is 12.2 Å². The number of hydrogen-bond donors (Lipinski definition) is 0. The summed E-state index contributed by atoms with van der Waals surface area (Å²) in [5.41, 5.74) is 0. The van der Waals surface area contributed by atoms with Crippen molar-refractivity contribution in [1.82, 2.24) is 0 Å². The van der Waals surface area contributed by atoms with E-state index in [0.717, 1.165) is 5.92 Å². The average Bonchev–Trinajstić information content (AvgIpc) is 2.13. The maximum atomic E-state index is 4.81. The van der Waals surface area contributed by atoms with Gasteiger partial charge in [0.15, 0.2) is 0 Å². The molecule has 0 saturated carbocycles. The Morgan fingerprint density at radius 1 is 0.947 bits per heavy atom. The molecule has 0 bridgehead atoms. The Morgan fingerprint density at radius 2 is 1.32 bits per heavy atom. The first-order valence-corrected chi connectivity index (χ1v) is 12.2. The molecular formula is C15H31Cl2PPd. The molecule has 0 rings (SSSR count). The molecule has 0 amide bonds.